The number of aromatic nitrogens is 2. The van der Waals surface area contributed by atoms with Gasteiger partial charge in [0.15, 0.2) is 0 Å². The summed E-state index contributed by atoms with van der Waals surface area (Å²) < 4.78 is 8.10. The predicted octanol–water partition coefficient (Wildman–Crippen LogP) is 3.75. The second-order valence-corrected chi connectivity index (χ2v) is 9.12. The number of nitrogens with one attached hydrogen (secondary N) is 2. The molecule has 31 heavy (non-hydrogen) atoms. The van der Waals surface area contributed by atoms with Gasteiger partial charge in [0.25, 0.3) is 5.91 Å². The van der Waals surface area contributed by atoms with Crippen LogP contribution >= 0.6 is 23.7 Å². The van der Waals surface area contributed by atoms with Gasteiger partial charge in [-0.2, -0.15) is 5.10 Å². The van der Waals surface area contributed by atoms with Crippen LogP contribution in [0, 0.1) is 6.92 Å². The van der Waals surface area contributed by atoms with Gasteiger partial charge in [-0.1, -0.05) is 18.2 Å². The number of thiophene rings is 1. The lowest BCUT2D eigenvalue weighted by Crippen LogP contribution is -2.43. The minimum absolute atomic E-state index is 0. The van der Waals surface area contributed by atoms with Gasteiger partial charge in [0.05, 0.1) is 23.4 Å². The Morgan fingerprint density at radius 3 is 2.94 bits per heavy atom. The Kier molecular flexibility index (Phi) is 6.48. The van der Waals surface area contributed by atoms with E-state index in [9.17, 15) is 4.79 Å². The molecule has 5 rings (SSSR count). The van der Waals surface area contributed by atoms with Crippen LogP contribution < -0.4 is 10.6 Å². The number of piperidine rings is 1. The summed E-state index contributed by atoms with van der Waals surface area (Å²) in [5.41, 5.74) is 4.27. The van der Waals surface area contributed by atoms with Crippen LogP contribution in [0.4, 0.5) is 0 Å². The average molecular weight is 459 g/mol. The molecule has 0 atom stereocenters. The highest BCUT2D eigenvalue weighted by Crippen LogP contribution is 2.44. The van der Waals surface area contributed by atoms with Crippen LogP contribution in [0.25, 0.3) is 5.69 Å². The standard InChI is InChI=1S/C23H26N4O2S.ClH/c1-16-4-2-3-5-19(16)27-15-17(14-26-27)13-25-22(28)20-12-18-6-11-29-23(21(18)30-20)7-9-24-10-8-23;/h2-5,12,14-15,24H,6-11,13H2,1H3,(H,25,28);1H. The highest BCUT2D eigenvalue weighted by atomic mass is 35.5. The maximum absolute atomic E-state index is 12.9. The summed E-state index contributed by atoms with van der Waals surface area (Å²) in [6.45, 7) is 5.19. The molecule has 164 valence electrons. The Balaban J connectivity index is 0.00000231. The van der Waals surface area contributed by atoms with E-state index in [2.05, 4.69) is 34.8 Å². The Labute approximate surface area is 192 Å². The number of carbonyl (C=O) groups excluding carboxylic acids is 1. The van der Waals surface area contributed by atoms with Crippen LogP contribution in [0.1, 0.15) is 44.1 Å². The van der Waals surface area contributed by atoms with Gasteiger partial charge < -0.3 is 15.4 Å². The molecule has 8 heteroatoms. The first-order valence-electron chi connectivity index (χ1n) is 10.5. The van der Waals surface area contributed by atoms with E-state index in [1.165, 1.54) is 10.4 Å². The highest BCUT2D eigenvalue weighted by Gasteiger charge is 2.41. The number of fused-ring (bicyclic) bond motifs is 2. The molecule has 0 unspecified atom stereocenters. The minimum Gasteiger partial charge on any atom is -0.369 e. The van der Waals surface area contributed by atoms with Crippen LogP contribution in [0.2, 0.25) is 0 Å². The number of carbonyl (C=O) groups is 1. The number of para-hydroxylation sites is 1. The van der Waals surface area contributed by atoms with E-state index in [-0.39, 0.29) is 23.9 Å². The molecule has 2 N–H and O–H groups in total. The molecule has 3 aromatic rings. The van der Waals surface area contributed by atoms with Gasteiger partial charge in [-0.05, 0) is 62.5 Å². The number of amides is 1. The monoisotopic (exact) mass is 458 g/mol. The molecule has 0 bridgehead atoms. The van der Waals surface area contributed by atoms with E-state index in [4.69, 9.17) is 4.74 Å². The molecule has 1 aromatic carbocycles. The number of benzene rings is 1. The Morgan fingerprint density at radius 2 is 2.13 bits per heavy atom. The van der Waals surface area contributed by atoms with Crippen molar-refractivity contribution in [3.8, 4) is 5.69 Å². The van der Waals surface area contributed by atoms with Crippen LogP contribution in [0.15, 0.2) is 42.7 Å². The van der Waals surface area contributed by atoms with Crippen molar-refractivity contribution in [2.24, 2.45) is 0 Å². The number of ether oxygens (including phenoxy) is 1. The molecule has 0 radical (unpaired) electrons. The predicted molar refractivity (Wildman–Crippen MR) is 124 cm³/mol. The van der Waals surface area contributed by atoms with Crippen molar-refractivity contribution in [2.45, 2.75) is 38.3 Å². The molecular weight excluding hydrogens is 432 g/mol. The van der Waals surface area contributed by atoms with E-state index in [1.807, 2.05) is 35.3 Å². The van der Waals surface area contributed by atoms with Crippen molar-refractivity contribution in [3.63, 3.8) is 0 Å². The fourth-order valence-electron chi connectivity index (χ4n) is 4.41. The van der Waals surface area contributed by atoms with Crippen LogP contribution in [-0.4, -0.2) is 35.4 Å². The summed E-state index contributed by atoms with van der Waals surface area (Å²) in [7, 11) is 0. The number of hydrogen-bond acceptors (Lipinski definition) is 5. The number of rotatable bonds is 4. The van der Waals surface area contributed by atoms with E-state index < -0.39 is 0 Å². The first-order valence-corrected chi connectivity index (χ1v) is 11.3. The van der Waals surface area contributed by atoms with E-state index in [0.29, 0.717) is 6.54 Å². The fourth-order valence-corrected chi connectivity index (χ4v) is 5.74. The highest BCUT2D eigenvalue weighted by molar-refractivity contribution is 7.14. The topological polar surface area (TPSA) is 68.2 Å². The Bertz CT molecular complexity index is 1070. The lowest BCUT2D eigenvalue weighted by molar-refractivity contribution is -0.0771. The molecule has 4 heterocycles. The number of aryl methyl sites for hydroxylation is 1. The summed E-state index contributed by atoms with van der Waals surface area (Å²) in [6, 6.07) is 10.2. The zero-order chi connectivity index (χ0) is 20.6. The summed E-state index contributed by atoms with van der Waals surface area (Å²) in [5, 5.41) is 10.9. The number of halogens is 1. The van der Waals surface area contributed by atoms with Crippen LogP contribution in [0.5, 0.6) is 0 Å². The maximum atomic E-state index is 12.9. The van der Waals surface area contributed by atoms with E-state index in [0.717, 1.165) is 60.7 Å². The Hall–Kier alpha value is -2.19. The Morgan fingerprint density at radius 1 is 1.32 bits per heavy atom. The molecule has 6 nitrogen and oxygen atoms in total. The molecule has 0 saturated carbocycles. The third kappa shape index (κ3) is 4.28. The smallest absolute Gasteiger partial charge is 0.261 e. The normalized spacial score (nSPS) is 17.1. The summed E-state index contributed by atoms with van der Waals surface area (Å²) in [6.07, 6.45) is 6.61. The van der Waals surface area contributed by atoms with Gasteiger partial charge in [-0.25, -0.2) is 4.68 Å². The molecule has 0 aliphatic carbocycles. The molecule has 1 amide bonds. The van der Waals surface area contributed by atoms with Crippen LogP contribution in [-0.2, 0) is 23.3 Å². The molecule has 2 aliphatic rings. The van der Waals surface area contributed by atoms with Crippen molar-refractivity contribution < 1.29 is 9.53 Å². The number of hydrogen-bond donors (Lipinski definition) is 2. The first-order chi connectivity index (χ1) is 14.6. The number of nitrogens with zero attached hydrogens (tertiary/aromatic N) is 2. The van der Waals surface area contributed by atoms with Crippen LogP contribution in [0.3, 0.4) is 0 Å². The molecular formula is C23H27ClN4O2S. The molecule has 1 fully saturated rings. The molecule has 2 aromatic heterocycles. The van der Waals surface area contributed by atoms with Crippen molar-refractivity contribution in [1.29, 1.82) is 0 Å². The first kappa shape index (κ1) is 22.0. The SMILES string of the molecule is Cc1ccccc1-n1cc(CNC(=O)c2cc3c(s2)C2(CCNCC2)OCC3)cn1.Cl. The third-order valence-corrected chi connectivity index (χ3v) is 7.42. The quantitative estimate of drug-likeness (QED) is 0.624. The molecule has 2 aliphatic heterocycles. The van der Waals surface area contributed by atoms with Crippen molar-refractivity contribution in [1.82, 2.24) is 20.4 Å². The third-order valence-electron chi connectivity index (χ3n) is 6.06. The van der Waals surface area contributed by atoms with Crippen molar-refractivity contribution in [2.75, 3.05) is 19.7 Å². The van der Waals surface area contributed by atoms with Gasteiger partial charge >= 0.3 is 0 Å². The van der Waals surface area contributed by atoms with Gasteiger partial charge in [0, 0.05) is 23.2 Å². The lowest BCUT2D eigenvalue weighted by atomic mass is 9.86. The van der Waals surface area contributed by atoms with E-state index in [1.54, 1.807) is 11.3 Å². The minimum atomic E-state index is -0.198. The maximum Gasteiger partial charge on any atom is 0.261 e. The van der Waals surface area contributed by atoms with Crippen molar-refractivity contribution >= 4 is 29.7 Å². The van der Waals surface area contributed by atoms with Gasteiger partial charge in [-0.3, -0.25) is 4.79 Å². The van der Waals surface area contributed by atoms with E-state index >= 15 is 0 Å². The summed E-state index contributed by atoms with van der Waals surface area (Å²) in [5.74, 6) is -0.0258. The van der Waals surface area contributed by atoms with Gasteiger partial charge in [0.1, 0.15) is 5.60 Å². The van der Waals surface area contributed by atoms with Gasteiger partial charge in [-0.15, -0.1) is 23.7 Å². The van der Waals surface area contributed by atoms with Gasteiger partial charge in [0.2, 0.25) is 0 Å². The largest absolute Gasteiger partial charge is 0.369 e. The summed E-state index contributed by atoms with van der Waals surface area (Å²) >= 11 is 1.60. The average Bonchev–Trinajstić information content (AvgIpc) is 3.41. The zero-order valence-corrected chi connectivity index (χ0v) is 19.2. The zero-order valence-electron chi connectivity index (χ0n) is 17.5. The molecule has 1 saturated heterocycles. The molecule has 1 spiro atoms. The fraction of sp³-hybridized carbons (Fsp3) is 0.391. The van der Waals surface area contributed by atoms with Crippen molar-refractivity contribution in [3.05, 3.63) is 69.2 Å². The second-order valence-electron chi connectivity index (χ2n) is 8.07. The lowest BCUT2D eigenvalue weighted by Gasteiger charge is -2.40. The second kappa shape index (κ2) is 9.12. The summed E-state index contributed by atoms with van der Waals surface area (Å²) in [4.78, 5) is 14.9.